The summed E-state index contributed by atoms with van der Waals surface area (Å²) in [5.74, 6) is 0.0192. The van der Waals surface area contributed by atoms with Crippen LogP contribution in [0, 0.1) is 13.8 Å². The Hall–Kier alpha value is -3.36. The first-order chi connectivity index (χ1) is 14.8. The molecular formula is C22H30N6O3. The minimum Gasteiger partial charge on any atom is -0.384 e. The fourth-order valence-electron chi connectivity index (χ4n) is 3.66. The van der Waals surface area contributed by atoms with Gasteiger partial charge in [0.15, 0.2) is 12.4 Å². The van der Waals surface area contributed by atoms with Gasteiger partial charge < -0.3 is 20.8 Å². The lowest BCUT2D eigenvalue weighted by molar-refractivity contribution is -0.130. The van der Waals surface area contributed by atoms with E-state index in [9.17, 15) is 9.59 Å². The molecule has 1 aliphatic rings. The van der Waals surface area contributed by atoms with Gasteiger partial charge in [0.1, 0.15) is 0 Å². The second-order valence-electron chi connectivity index (χ2n) is 7.88. The number of oxime groups is 1. The van der Waals surface area contributed by atoms with Crippen molar-refractivity contribution in [3.63, 3.8) is 0 Å². The second kappa shape index (κ2) is 10.1. The molecular weight excluding hydrogens is 396 g/mol. The Labute approximate surface area is 182 Å². The summed E-state index contributed by atoms with van der Waals surface area (Å²) in [6.07, 6.45) is 1.47. The number of aryl methyl sites for hydroxylation is 2. The molecule has 2 amide bonds. The lowest BCUT2D eigenvalue weighted by Crippen LogP contribution is -2.46. The van der Waals surface area contributed by atoms with Gasteiger partial charge in [0.2, 0.25) is 5.91 Å². The van der Waals surface area contributed by atoms with Gasteiger partial charge in [0.05, 0.1) is 12.2 Å². The summed E-state index contributed by atoms with van der Waals surface area (Å²) in [6.45, 7) is 7.27. The molecule has 0 unspecified atom stereocenters. The van der Waals surface area contributed by atoms with E-state index >= 15 is 0 Å². The number of carbonyl (C=O) groups excluding carboxylic acids is 2. The molecule has 2 heterocycles. The molecule has 2 aromatic rings. The highest BCUT2D eigenvalue weighted by Gasteiger charge is 2.22. The summed E-state index contributed by atoms with van der Waals surface area (Å²) >= 11 is 0. The van der Waals surface area contributed by atoms with Gasteiger partial charge in [-0.05, 0) is 44.4 Å². The number of rotatable bonds is 7. The molecule has 0 atom stereocenters. The van der Waals surface area contributed by atoms with Crippen molar-refractivity contribution in [1.82, 2.24) is 20.0 Å². The molecule has 31 heavy (non-hydrogen) atoms. The van der Waals surface area contributed by atoms with Crippen molar-refractivity contribution in [3.8, 4) is 0 Å². The van der Waals surface area contributed by atoms with Crippen LogP contribution in [0.4, 0.5) is 0 Å². The minimum atomic E-state index is -0.254. The van der Waals surface area contributed by atoms with Crippen LogP contribution in [-0.2, 0) is 21.0 Å². The zero-order valence-electron chi connectivity index (χ0n) is 18.3. The molecule has 3 rings (SSSR count). The maximum Gasteiger partial charge on any atom is 0.260 e. The highest BCUT2D eigenvalue weighted by Crippen LogP contribution is 2.11. The largest absolute Gasteiger partial charge is 0.384 e. The first-order valence-corrected chi connectivity index (χ1v) is 10.4. The molecule has 9 nitrogen and oxygen atoms in total. The molecule has 0 aliphatic carbocycles. The van der Waals surface area contributed by atoms with Crippen LogP contribution < -0.4 is 11.1 Å². The molecule has 0 saturated carbocycles. The van der Waals surface area contributed by atoms with Crippen molar-refractivity contribution in [1.29, 1.82) is 0 Å². The number of nitrogens with zero attached hydrogens (tertiary/aromatic N) is 4. The zero-order chi connectivity index (χ0) is 22.4. The highest BCUT2D eigenvalue weighted by atomic mass is 16.6. The predicted molar refractivity (Wildman–Crippen MR) is 117 cm³/mol. The molecule has 3 N–H and O–H groups in total. The van der Waals surface area contributed by atoms with E-state index in [1.165, 1.54) is 0 Å². The number of benzene rings is 1. The summed E-state index contributed by atoms with van der Waals surface area (Å²) in [4.78, 5) is 30.4. The maximum atomic E-state index is 12.1. The molecule has 166 valence electrons. The molecule has 1 aliphatic heterocycles. The Kier molecular flexibility index (Phi) is 7.28. The number of nitrogens with one attached hydrogen (secondary N) is 1. The van der Waals surface area contributed by atoms with Crippen molar-refractivity contribution in [3.05, 3.63) is 52.8 Å². The van der Waals surface area contributed by atoms with Crippen LogP contribution >= 0.6 is 0 Å². The molecule has 0 spiro atoms. The third-order valence-electron chi connectivity index (χ3n) is 5.32. The number of likely N-dealkylation sites (tertiary alicyclic amines) is 1. The molecule has 1 fully saturated rings. The summed E-state index contributed by atoms with van der Waals surface area (Å²) in [7, 11) is 0. The fraction of sp³-hybridized carbons (Fsp3) is 0.455. The van der Waals surface area contributed by atoms with Gasteiger partial charge >= 0.3 is 0 Å². The Morgan fingerprint density at radius 3 is 2.65 bits per heavy atom. The van der Waals surface area contributed by atoms with Crippen LogP contribution in [0.3, 0.4) is 0 Å². The molecule has 9 heteroatoms. The summed E-state index contributed by atoms with van der Waals surface area (Å²) in [6, 6.07) is 9.75. The molecule has 0 radical (unpaired) electrons. The van der Waals surface area contributed by atoms with Crippen LogP contribution in [0.2, 0.25) is 0 Å². The Morgan fingerprint density at radius 2 is 2.00 bits per heavy atom. The number of hydrogen-bond acceptors (Lipinski definition) is 5. The van der Waals surface area contributed by atoms with E-state index in [2.05, 4.69) is 15.6 Å². The third kappa shape index (κ3) is 6.31. The Balaban J connectivity index is 1.48. The number of hydrogen-bond donors (Lipinski definition) is 2. The van der Waals surface area contributed by atoms with Gasteiger partial charge in [-0.3, -0.25) is 14.3 Å². The number of nitrogens with two attached hydrogens (primary N) is 1. The number of piperidine rings is 1. The van der Waals surface area contributed by atoms with Crippen LogP contribution in [0.1, 0.15) is 42.3 Å². The van der Waals surface area contributed by atoms with Crippen molar-refractivity contribution in [2.24, 2.45) is 10.9 Å². The number of carbonyl (C=O) groups is 2. The van der Waals surface area contributed by atoms with E-state index in [1.54, 1.807) is 11.8 Å². The zero-order valence-corrected chi connectivity index (χ0v) is 18.3. The van der Waals surface area contributed by atoms with Crippen LogP contribution in [0.5, 0.6) is 0 Å². The number of aromatic nitrogens is 2. The molecule has 0 bridgehead atoms. The van der Waals surface area contributed by atoms with Crippen molar-refractivity contribution in [2.75, 3.05) is 19.7 Å². The van der Waals surface area contributed by atoms with E-state index < -0.39 is 0 Å². The van der Waals surface area contributed by atoms with Gasteiger partial charge in [-0.1, -0.05) is 23.4 Å². The normalized spacial score (nSPS) is 15.1. The van der Waals surface area contributed by atoms with E-state index in [1.807, 2.05) is 48.9 Å². The third-order valence-corrected chi connectivity index (χ3v) is 5.32. The predicted octanol–water partition coefficient (Wildman–Crippen LogP) is 1.31. The summed E-state index contributed by atoms with van der Waals surface area (Å²) in [5, 5.41) is 11.3. The van der Waals surface area contributed by atoms with Crippen molar-refractivity contribution >= 4 is 17.6 Å². The molecule has 1 aromatic heterocycles. The lowest BCUT2D eigenvalue weighted by atomic mass is 10.1. The van der Waals surface area contributed by atoms with E-state index in [4.69, 9.17) is 10.6 Å². The average molecular weight is 427 g/mol. The van der Waals surface area contributed by atoms with E-state index in [0.717, 1.165) is 35.4 Å². The summed E-state index contributed by atoms with van der Waals surface area (Å²) < 4.78 is 1.93. The van der Waals surface area contributed by atoms with E-state index in [-0.39, 0.29) is 30.3 Å². The quantitative estimate of drug-likeness (QED) is 0.394. The fourth-order valence-corrected chi connectivity index (χ4v) is 3.66. The topological polar surface area (TPSA) is 115 Å². The van der Waals surface area contributed by atoms with Crippen LogP contribution in [-0.4, -0.2) is 58.1 Å². The summed E-state index contributed by atoms with van der Waals surface area (Å²) in [5.41, 5.74) is 9.86. The Morgan fingerprint density at radius 1 is 1.26 bits per heavy atom. The van der Waals surface area contributed by atoms with Gasteiger partial charge in [0.25, 0.3) is 5.91 Å². The standard InChI is InChI=1S/C22H30N6O3/c1-15-11-16(2)28(25-15)13-18-5-4-6-19(12-18)22(23)26-31-14-21(30)24-20-7-9-27(10-8-20)17(3)29/h4-6,11-12,20H,7-10,13-14H2,1-3H3,(H2,23,26)(H,24,30). The van der Waals surface area contributed by atoms with Crippen LogP contribution in [0.15, 0.2) is 35.5 Å². The lowest BCUT2D eigenvalue weighted by Gasteiger charge is -2.31. The van der Waals surface area contributed by atoms with Gasteiger partial charge in [-0.25, -0.2) is 0 Å². The second-order valence-corrected chi connectivity index (χ2v) is 7.88. The SMILES string of the molecule is CC(=O)N1CCC(NC(=O)CO/N=C(/N)c2cccc(Cn3nc(C)cc3C)c2)CC1. The number of amides is 2. The van der Waals surface area contributed by atoms with Gasteiger partial charge in [0, 0.05) is 37.3 Å². The monoisotopic (exact) mass is 426 g/mol. The Bertz CT molecular complexity index is 960. The maximum absolute atomic E-state index is 12.1. The van der Waals surface area contributed by atoms with Crippen molar-refractivity contribution in [2.45, 2.75) is 46.2 Å². The van der Waals surface area contributed by atoms with Crippen LogP contribution in [0.25, 0.3) is 0 Å². The van der Waals surface area contributed by atoms with Crippen molar-refractivity contribution < 1.29 is 14.4 Å². The smallest absolute Gasteiger partial charge is 0.260 e. The van der Waals surface area contributed by atoms with E-state index in [0.29, 0.717) is 19.6 Å². The average Bonchev–Trinajstić information content (AvgIpc) is 3.05. The number of amidine groups is 1. The first-order valence-electron chi connectivity index (χ1n) is 10.4. The van der Waals surface area contributed by atoms with Gasteiger partial charge in [-0.2, -0.15) is 5.10 Å². The molecule has 1 aromatic carbocycles. The molecule has 1 saturated heterocycles. The first kappa shape index (κ1) is 22.3. The minimum absolute atomic E-state index is 0.0408. The highest BCUT2D eigenvalue weighted by molar-refractivity contribution is 5.97. The van der Waals surface area contributed by atoms with Gasteiger partial charge in [-0.15, -0.1) is 0 Å².